The van der Waals surface area contributed by atoms with E-state index < -0.39 is 0 Å². The van der Waals surface area contributed by atoms with Crippen LogP contribution in [0.2, 0.25) is 0 Å². The first kappa shape index (κ1) is 17.6. The molecule has 3 rings (SSSR count). The first-order valence-corrected chi connectivity index (χ1v) is 9.66. The molecule has 0 unspecified atom stereocenters. The van der Waals surface area contributed by atoms with E-state index in [1.165, 1.54) is 33.6 Å². The minimum atomic E-state index is 0.897. The fraction of sp³-hybridized carbons (Fsp3) is 0.391. The molecule has 2 nitrogen and oxygen atoms in total. The summed E-state index contributed by atoms with van der Waals surface area (Å²) in [4.78, 5) is 4.84. The standard InChI is InChI=1S/C23H30N2/c1-5-18-11-9-12-19(6-2)22(18)24-15-16-25(17-24)23-20(7-3)13-10-14-21(23)8-4/h9-16H,5-8,17H2,1-4H3. The summed E-state index contributed by atoms with van der Waals surface area (Å²) in [5.41, 5.74) is 8.54. The van der Waals surface area contributed by atoms with Crippen LogP contribution < -0.4 is 9.80 Å². The van der Waals surface area contributed by atoms with Crippen LogP contribution in [0.1, 0.15) is 49.9 Å². The fourth-order valence-electron chi connectivity index (χ4n) is 3.88. The molecule has 1 aliphatic heterocycles. The Bertz CT molecular complexity index is 653. The molecule has 0 bridgehead atoms. The second-order valence-corrected chi connectivity index (χ2v) is 6.64. The summed E-state index contributed by atoms with van der Waals surface area (Å²) >= 11 is 0. The van der Waals surface area contributed by atoms with Gasteiger partial charge in [0.2, 0.25) is 0 Å². The molecular formula is C23H30N2. The van der Waals surface area contributed by atoms with Crippen molar-refractivity contribution < 1.29 is 0 Å². The third-order valence-corrected chi connectivity index (χ3v) is 5.24. The first-order chi connectivity index (χ1) is 12.2. The van der Waals surface area contributed by atoms with Crippen molar-refractivity contribution in [2.24, 2.45) is 0 Å². The van der Waals surface area contributed by atoms with Gasteiger partial charge in [0.05, 0.1) is 6.67 Å². The van der Waals surface area contributed by atoms with Gasteiger partial charge < -0.3 is 9.80 Å². The van der Waals surface area contributed by atoms with E-state index in [-0.39, 0.29) is 0 Å². The number of hydrogen-bond acceptors (Lipinski definition) is 2. The van der Waals surface area contributed by atoms with Crippen molar-refractivity contribution in [3.8, 4) is 0 Å². The van der Waals surface area contributed by atoms with Crippen LogP contribution in [0, 0.1) is 0 Å². The topological polar surface area (TPSA) is 6.48 Å². The molecule has 2 heteroatoms. The molecule has 0 saturated heterocycles. The maximum Gasteiger partial charge on any atom is 0.0989 e. The minimum Gasteiger partial charge on any atom is -0.328 e. The van der Waals surface area contributed by atoms with Gasteiger partial charge in [0.25, 0.3) is 0 Å². The Morgan fingerprint density at radius 2 is 0.920 bits per heavy atom. The van der Waals surface area contributed by atoms with Gasteiger partial charge in [-0.25, -0.2) is 0 Å². The molecule has 0 atom stereocenters. The highest BCUT2D eigenvalue weighted by Crippen LogP contribution is 2.34. The number of aryl methyl sites for hydroxylation is 4. The molecule has 132 valence electrons. The summed E-state index contributed by atoms with van der Waals surface area (Å²) in [5.74, 6) is 0. The van der Waals surface area contributed by atoms with Crippen LogP contribution in [0.4, 0.5) is 11.4 Å². The van der Waals surface area contributed by atoms with Gasteiger partial charge in [-0.15, -0.1) is 0 Å². The third-order valence-electron chi connectivity index (χ3n) is 5.24. The molecule has 0 saturated carbocycles. The second kappa shape index (κ2) is 7.77. The Balaban J connectivity index is 1.96. The largest absolute Gasteiger partial charge is 0.328 e. The Hall–Kier alpha value is -2.22. The predicted octanol–water partition coefficient (Wildman–Crippen LogP) is 5.69. The highest BCUT2D eigenvalue weighted by Gasteiger charge is 2.22. The monoisotopic (exact) mass is 334 g/mol. The molecule has 0 aliphatic carbocycles. The first-order valence-electron chi connectivity index (χ1n) is 9.66. The number of nitrogens with zero attached hydrogens (tertiary/aromatic N) is 2. The molecule has 2 aromatic rings. The maximum absolute atomic E-state index is 2.42. The van der Waals surface area contributed by atoms with Gasteiger partial charge in [0, 0.05) is 23.8 Å². The molecule has 0 amide bonds. The van der Waals surface area contributed by atoms with Crippen LogP contribution in [0.25, 0.3) is 0 Å². The van der Waals surface area contributed by atoms with Gasteiger partial charge in [-0.05, 0) is 47.9 Å². The summed E-state index contributed by atoms with van der Waals surface area (Å²) in [6.45, 7) is 9.89. The van der Waals surface area contributed by atoms with Crippen molar-refractivity contribution in [3.63, 3.8) is 0 Å². The fourth-order valence-corrected chi connectivity index (χ4v) is 3.88. The summed E-state index contributed by atoms with van der Waals surface area (Å²) < 4.78 is 0. The average molecular weight is 335 g/mol. The van der Waals surface area contributed by atoms with Gasteiger partial charge in [-0.2, -0.15) is 0 Å². The molecule has 2 aromatic carbocycles. The molecule has 0 fully saturated rings. The van der Waals surface area contributed by atoms with Crippen LogP contribution in [0.5, 0.6) is 0 Å². The van der Waals surface area contributed by atoms with Crippen molar-refractivity contribution in [1.29, 1.82) is 0 Å². The molecule has 25 heavy (non-hydrogen) atoms. The molecule has 0 N–H and O–H groups in total. The number of hydrogen-bond donors (Lipinski definition) is 0. The highest BCUT2D eigenvalue weighted by atomic mass is 15.3. The Morgan fingerprint density at radius 3 is 1.20 bits per heavy atom. The zero-order valence-corrected chi connectivity index (χ0v) is 16.0. The Morgan fingerprint density at radius 1 is 0.600 bits per heavy atom. The van der Waals surface area contributed by atoms with E-state index in [2.05, 4.69) is 86.3 Å². The normalized spacial score (nSPS) is 13.8. The Labute approximate surface area is 152 Å². The van der Waals surface area contributed by atoms with E-state index in [0.717, 1.165) is 32.4 Å². The number of benzene rings is 2. The van der Waals surface area contributed by atoms with Gasteiger partial charge in [-0.1, -0.05) is 64.1 Å². The quantitative estimate of drug-likeness (QED) is 0.669. The summed E-state index contributed by atoms with van der Waals surface area (Å²) in [7, 11) is 0. The van der Waals surface area contributed by atoms with Crippen LogP contribution in [0.15, 0.2) is 48.8 Å². The predicted molar refractivity (Wildman–Crippen MR) is 109 cm³/mol. The third kappa shape index (κ3) is 3.30. The molecular weight excluding hydrogens is 304 g/mol. The van der Waals surface area contributed by atoms with E-state index in [0.29, 0.717) is 0 Å². The van der Waals surface area contributed by atoms with Crippen LogP contribution in [0.3, 0.4) is 0 Å². The van der Waals surface area contributed by atoms with Crippen molar-refractivity contribution >= 4 is 11.4 Å². The van der Waals surface area contributed by atoms with Crippen molar-refractivity contribution in [3.05, 3.63) is 71.1 Å². The van der Waals surface area contributed by atoms with Crippen molar-refractivity contribution in [2.45, 2.75) is 53.4 Å². The van der Waals surface area contributed by atoms with Crippen LogP contribution in [-0.4, -0.2) is 6.67 Å². The lowest BCUT2D eigenvalue weighted by Crippen LogP contribution is -2.27. The van der Waals surface area contributed by atoms with Gasteiger partial charge >= 0.3 is 0 Å². The highest BCUT2D eigenvalue weighted by molar-refractivity contribution is 5.69. The lowest BCUT2D eigenvalue weighted by Gasteiger charge is -2.28. The lowest BCUT2D eigenvalue weighted by atomic mass is 10.0. The zero-order chi connectivity index (χ0) is 17.8. The van der Waals surface area contributed by atoms with Crippen LogP contribution >= 0.6 is 0 Å². The van der Waals surface area contributed by atoms with E-state index in [4.69, 9.17) is 0 Å². The summed E-state index contributed by atoms with van der Waals surface area (Å²) in [6.07, 6.45) is 8.77. The molecule has 0 radical (unpaired) electrons. The SMILES string of the molecule is CCc1cccc(CC)c1N1C=CN(c2c(CC)cccc2CC)C1. The average Bonchev–Trinajstić information content (AvgIpc) is 3.15. The second-order valence-electron chi connectivity index (χ2n) is 6.64. The smallest absolute Gasteiger partial charge is 0.0989 e. The van der Waals surface area contributed by atoms with Crippen LogP contribution in [-0.2, 0) is 25.7 Å². The molecule has 0 aromatic heterocycles. The van der Waals surface area contributed by atoms with Crippen molar-refractivity contribution in [2.75, 3.05) is 16.5 Å². The van der Waals surface area contributed by atoms with E-state index in [1.54, 1.807) is 0 Å². The van der Waals surface area contributed by atoms with Crippen molar-refractivity contribution in [1.82, 2.24) is 0 Å². The van der Waals surface area contributed by atoms with E-state index in [9.17, 15) is 0 Å². The lowest BCUT2D eigenvalue weighted by molar-refractivity contribution is 0.923. The zero-order valence-electron chi connectivity index (χ0n) is 16.0. The van der Waals surface area contributed by atoms with E-state index >= 15 is 0 Å². The maximum atomic E-state index is 2.42. The van der Waals surface area contributed by atoms with Gasteiger partial charge in [0.15, 0.2) is 0 Å². The summed E-state index contributed by atoms with van der Waals surface area (Å²) in [6, 6.07) is 13.5. The number of rotatable bonds is 6. The minimum absolute atomic E-state index is 0.897. The number of anilines is 2. The number of para-hydroxylation sites is 2. The summed E-state index contributed by atoms with van der Waals surface area (Å²) in [5, 5.41) is 0. The van der Waals surface area contributed by atoms with E-state index in [1.807, 2.05) is 0 Å². The molecule has 1 heterocycles. The molecule has 0 spiro atoms. The molecule has 1 aliphatic rings. The van der Waals surface area contributed by atoms with Gasteiger partial charge in [0.1, 0.15) is 0 Å². The Kier molecular flexibility index (Phi) is 5.47. The van der Waals surface area contributed by atoms with Gasteiger partial charge in [-0.3, -0.25) is 0 Å².